The Labute approximate surface area is 146 Å². The van der Waals surface area contributed by atoms with Gasteiger partial charge in [0.15, 0.2) is 0 Å². The van der Waals surface area contributed by atoms with Crippen LogP contribution in [0.25, 0.3) is 0 Å². The molecule has 0 aromatic heterocycles. The smallest absolute Gasteiger partial charge is 0.251 e. The van der Waals surface area contributed by atoms with E-state index in [4.69, 9.17) is 0 Å². The summed E-state index contributed by atoms with van der Waals surface area (Å²) >= 11 is 3.42. The van der Waals surface area contributed by atoms with Crippen LogP contribution in [0.2, 0.25) is 0 Å². The van der Waals surface area contributed by atoms with Gasteiger partial charge in [0.2, 0.25) is 0 Å². The number of carbonyl (C=O) groups excluding carboxylic acids is 1. The molecule has 0 fully saturated rings. The normalized spacial score (nSPS) is 10.8. The van der Waals surface area contributed by atoms with E-state index in [-0.39, 0.29) is 5.91 Å². The molecule has 0 aliphatic heterocycles. The number of carbonyl (C=O) groups is 1. The van der Waals surface area contributed by atoms with Gasteiger partial charge < -0.3 is 10.2 Å². The zero-order valence-corrected chi connectivity index (χ0v) is 15.5. The molecule has 122 valence electrons. The van der Waals surface area contributed by atoms with E-state index in [1.54, 1.807) is 0 Å². The second kappa shape index (κ2) is 8.27. The number of hydrogen-bond acceptors (Lipinski definition) is 2. The molecule has 23 heavy (non-hydrogen) atoms. The Balaban J connectivity index is 2.00. The Kier molecular flexibility index (Phi) is 6.37. The Morgan fingerprint density at radius 3 is 2.61 bits per heavy atom. The van der Waals surface area contributed by atoms with Gasteiger partial charge >= 0.3 is 0 Å². The molecule has 2 aromatic carbocycles. The number of hydrogen-bond donors (Lipinski definition) is 1. The molecule has 0 spiro atoms. The Morgan fingerprint density at radius 1 is 1.17 bits per heavy atom. The van der Waals surface area contributed by atoms with Crippen LogP contribution < -0.4 is 5.32 Å². The summed E-state index contributed by atoms with van der Waals surface area (Å²) in [5.74, 6) is -0.0360. The summed E-state index contributed by atoms with van der Waals surface area (Å²) in [7, 11) is 2.10. The van der Waals surface area contributed by atoms with Crippen molar-refractivity contribution in [2.24, 2.45) is 0 Å². The van der Waals surface area contributed by atoms with Gasteiger partial charge in [-0.3, -0.25) is 4.79 Å². The van der Waals surface area contributed by atoms with Gasteiger partial charge in [0.1, 0.15) is 0 Å². The van der Waals surface area contributed by atoms with Crippen LogP contribution in [0.15, 0.2) is 46.9 Å². The minimum Gasteiger partial charge on any atom is -0.348 e. The van der Waals surface area contributed by atoms with Crippen molar-refractivity contribution >= 4 is 21.8 Å². The maximum atomic E-state index is 12.3. The van der Waals surface area contributed by atoms with E-state index in [1.165, 1.54) is 5.56 Å². The van der Waals surface area contributed by atoms with Crippen LogP contribution in [0.5, 0.6) is 0 Å². The fourth-order valence-electron chi connectivity index (χ4n) is 2.42. The number of nitrogens with zero attached hydrogens (tertiary/aromatic N) is 1. The van der Waals surface area contributed by atoms with Crippen molar-refractivity contribution in [3.63, 3.8) is 0 Å². The highest BCUT2D eigenvalue weighted by molar-refractivity contribution is 9.10. The predicted molar refractivity (Wildman–Crippen MR) is 98.5 cm³/mol. The monoisotopic (exact) mass is 374 g/mol. The summed E-state index contributed by atoms with van der Waals surface area (Å²) in [4.78, 5) is 14.6. The third-order valence-electron chi connectivity index (χ3n) is 3.87. The van der Waals surface area contributed by atoms with Crippen LogP contribution in [0, 0.1) is 6.92 Å². The molecule has 0 aliphatic rings. The lowest BCUT2D eigenvalue weighted by molar-refractivity contribution is 0.0950. The van der Waals surface area contributed by atoms with E-state index < -0.39 is 0 Å². The largest absolute Gasteiger partial charge is 0.348 e. The summed E-state index contributed by atoms with van der Waals surface area (Å²) in [6.07, 6.45) is 0. The summed E-state index contributed by atoms with van der Waals surface area (Å²) in [6.45, 7) is 6.57. The number of nitrogens with one attached hydrogen (secondary N) is 1. The van der Waals surface area contributed by atoms with Gasteiger partial charge in [-0.2, -0.15) is 0 Å². The van der Waals surface area contributed by atoms with Gasteiger partial charge in [-0.1, -0.05) is 47.1 Å². The van der Waals surface area contributed by atoms with Gasteiger partial charge in [-0.05, 0) is 55.4 Å². The highest BCUT2D eigenvalue weighted by Gasteiger charge is 2.09. The number of aryl methyl sites for hydroxylation is 1. The first-order valence-corrected chi connectivity index (χ1v) is 8.59. The predicted octanol–water partition coefficient (Wildman–Crippen LogP) is 4.14. The molecule has 2 rings (SSSR count). The molecule has 1 amide bonds. The Bertz CT molecular complexity index is 685. The highest BCUT2D eigenvalue weighted by atomic mass is 79.9. The standard InChI is InChI=1S/C19H23BrN2O/c1-4-22(3)13-16-7-5-6-15(11-16)12-21-19(23)18-9-8-17(20)10-14(18)2/h5-11H,4,12-13H2,1-3H3,(H,21,23). The number of halogens is 1. The SMILES string of the molecule is CCN(C)Cc1cccc(CNC(=O)c2ccc(Br)cc2C)c1. The lowest BCUT2D eigenvalue weighted by Crippen LogP contribution is -2.23. The molecular formula is C19H23BrN2O. The molecule has 0 unspecified atom stereocenters. The van der Waals surface area contributed by atoms with Crippen molar-refractivity contribution in [2.45, 2.75) is 26.9 Å². The molecule has 0 atom stereocenters. The average Bonchev–Trinajstić information content (AvgIpc) is 2.53. The molecule has 1 N–H and O–H groups in total. The minimum atomic E-state index is -0.0360. The van der Waals surface area contributed by atoms with Crippen LogP contribution >= 0.6 is 15.9 Å². The molecule has 3 nitrogen and oxygen atoms in total. The zero-order valence-electron chi connectivity index (χ0n) is 13.9. The van der Waals surface area contributed by atoms with Gasteiger partial charge in [-0.25, -0.2) is 0 Å². The number of amides is 1. The van der Waals surface area contributed by atoms with Crippen LogP contribution in [0.1, 0.15) is 34.0 Å². The fourth-order valence-corrected chi connectivity index (χ4v) is 2.90. The maximum Gasteiger partial charge on any atom is 0.251 e. The second-order valence-corrected chi connectivity index (χ2v) is 6.71. The summed E-state index contributed by atoms with van der Waals surface area (Å²) in [6, 6.07) is 14.1. The Morgan fingerprint density at radius 2 is 1.91 bits per heavy atom. The van der Waals surface area contributed by atoms with Crippen LogP contribution in [0.4, 0.5) is 0 Å². The van der Waals surface area contributed by atoms with Crippen molar-refractivity contribution < 1.29 is 4.79 Å². The lowest BCUT2D eigenvalue weighted by atomic mass is 10.1. The van der Waals surface area contributed by atoms with E-state index >= 15 is 0 Å². The lowest BCUT2D eigenvalue weighted by Gasteiger charge is -2.14. The molecule has 0 aliphatic carbocycles. The van der Waals surface area contributed by atoms with Crippen molar-refractivity contribution in [3.8, 4) is 0 Å². The van der Waals surface area contributed by atoms with E-state index in [0.29, 0.717) is 6.54 Å². The molecule has 0 heterocycles. The van der Waals surface area contributed by atoms with Crippen molar-refractivity contribution in [3.05, 3.63) is 69.2 Å². The summed E-state index contributed by atoms with van der Waals surface area (Å²) in [5, 5.41) is 3.00. The van der Waals surface area contributed by atoms with Crippen molar-refractivity contribution in [1.82, 2.24) is 10.2 Å². The molecule has 0 radical (unpaired) electrons. The van der Waals surface area contributed by atoms with Gasteiger partial charge in [0.25, 0.3) is 5.91 Å². The molecule has 4 heteroatoms. The Hall–Kier alpha value is -1.65. The van der Waals surface area contributed by atoms with E-state index in [0.717, 1.165) is 34.3 Å². The average molecular weight is 375 g/mol. The third-order valence-corrected chi connectivity index (χ3v) is 4.36. The van der Waals surface area contributed by atoms with Crippen LogP contribution in [-0.4, -0.2) is 24.4 Å². The van der Waals surface area contributed by atoms with Crippen molar-refractivity contribution in [2.75, 3.05) is 13.6 Å². The topological polar surface area (TPSA) is 32.3 Å². The van der Waals surface area contributed by atoms with E-state index in [9.17, 15) is 4.79 Å². The quantitative estimate of drug-likeness (QED) is 0.823. The van der Waals surface area contributed by atoms with Gasteiger partial charge in [0.05, 0.1) is 0 Å². The molecule has 2 aromatic rings. The third kappa shape index (κ3) is 5.19. The highest BCUT2D eigenvalue weighted by Crippen LogP contribution is 2.16. The maximum absolute atomic E-state index is 12.3. The number of rotatable bonds is 6. The first-order chi connectivity index (χ1) is 11.0. The summed E-state index contributed by atoms with van der Waals surface area (Å²) in [5.41, 5.74) is 4.07. The van der Waals surface area contributed by atoms with E-state index in [1.807, 2.05) is 37.3 Å². The molecule has 0 saturated carbocycles. The molecular weight excluding hydrogens is 352 g/mol. The minimum absolute atomic E-state index is 0.0360. The number of benzene rings is 2. The second-order valence-electron chi connectivity index (χ2n) is 5.79. The first kappa shape index (κ1) is 17.7. The van der Waals surface area contributed by atoms with Gasteiger partial charge in [-0.15, -0.1) is 0 Å². The van der Waals surface area contributed by atoms with Crippen molar-refractivity contribution in [1.29, 1.82) is 0 Å². The summed E-state index contributed by atoms with van der Waals surface area (Å²) < 4.78 is 0.985. The first-order valence-electron chi connectivity index (χ1n) is 7.80. The van der Waals surface area contributed by atoms with E-state index in [2.05, 4.69) is 52.3 Å². The van der Waals surface area contributed by atoms with Gasteiger partial charge in [0, 0.05) is 23.1 Å². The molecule has 0 saturated heterocycles. The fraction of sp³-hybridized carbons (Fsp3) is 0.316. The van der Waals surface area contributed by atoms with Crippen LogP contribution in [0.3, 0.4) is 0 Å². The molecule has 0 bridgehead atoms. The zero-order chi connectivity index (χ0) is 16.8. The van der Waals surface area contributed by atoms with Crippen LogP contribution in [-0.2, 0) is 13.1 Å².